The molecule has 0 radical (unpaired) electrons. The van der Waals surface area contributed by atoms with Gasteiger partial charge in [0.15, 0.2) is 0 Å². The van der Waals surface area contributed by atoms with Crippen LogP contribution < -0.4 is 113 Å². The maximum absolute atomic E-state index is 11.2. The molecule has 0 aliphatic carbocycles. The van der Waals surface area contributed by atoms with Crippen molar-refractivity contribution in [3.63, 3.8) is 0 Å². The van der Waals surface area contributed by atoms with E-state index in [1.807, 2.05) is 0 Å². The summed E-state index contributed by atoms with van der Waals surface area (Å²) < 4.78 is 71.9. The first-order valence-corrected chi connectivity index (χ1v) is 8.38. The van der Waals surface area contributed by atoms with E-state index in [-0.39, 0.29) is 115 Å². The summed E-state index contributed by atoms with van der Waals surface area (Å²) in [6.07, 6.45) is 0. The van der Waals surface area contributed by atoms with Crippen molar-refractivity contribution in [3.05, 3.63) is 12.1 Å². The maximum Gasteiger partial charge on any atom is 1.00 e. The molecule has 1 amide bonds. The number of hydrogen-bond acceptors (Lipinski definition) is 9. The van der Waals surface area contributed by atoms with Gasteiger partial charge in [-0.3, -0.25) is 4.79 Å². The Morgan fingerprint density at radius 2 is 1.50 bits per heavy atom. The topological polar surface area (TPSA) is 165 Å². The fourth-order valence-electron chi connectivity index (χ4n) is 1.55. The van der Waals surface area contributed by atoms with Crippen molar-refractivity contribution in [2.24, 2.45) is 0 Å². The predicted molar refractivity (Wildman–Crippen MR) is 72.2 cm³/mol. The molecule has 1 rings (SSSR count). The Morgan fingerprint density at radius 1 is 1.04 bits per heavy atom. The summed E-state index contributed by atoms with van der Waals surface area (Å²) in [4.78, 5) is 9.09. The Hall–Kier alpha value is 1.54. The van der Waals surface area contributed by atoms with E-state index in [1.165, 1.54) is 7.11 Å². The van der Waals surface area contributed by atoms with Gasteiger partial charge in [-0.15, -0.1) is 0 Å². The molecule has 1 aromatic rings. The van der Waals surface area contributed by atoms with Crippen molar-refractivity contribution >= 4 is 37.5 Å². The number of amides is 1. The monoisotopic (exact) mass is 430 g/mol. The van der Waals surface area contributed by atoms with Crippen LogP contribution in [0, 0.1) is 0 Å². The zero-order chi connectivity index (χ0) is 17.1. The first-order valence-electron chi connectivity index (χ1n) is 5.57. The smallest absolute Gasteiger partial charge is 0.744 e. The zero-order valence-corrected chi connectivity index (χ0v) is 21.3. The van der Waals surface area contributed by atoms with Crippen molar-refractivity contribution in [3.8, 4) is 0 Å². The number of carbonyl (C=O) groups excluding carboxylic acids is 1. The minimum Gasteiger partial charge on any atom is -0.744 e. The van der Waals surface area contributed by atoms with Crippen LogP contribution in [0.2, 0.25) is 0 Å². The molecule has 0 aromatic heterocycles. The molecule has 2 N–H and O–H groups in total. The number of benzene rings is 1. The molecule has 14 heteroatoms. The van der Waals surface area contributed by atoms with Crippen LogP contribution in [-0.2, 0) is 29.8 Å². The summed E-state index contributed by atoms with van der Waals surface area (Å²) >= 11 is 0. The summed E-state index contributed by atoms with van der Waals surface area (Å²) in [5.74, 6) is -0.694. The van der Waals surface area contributed by atoms with Gasteiger partial charge in [-0.1, -0.05) is 0 Å². The van der Waals surface area contributed by atoms with Crippen LogP contribution in [-0.4, -0.2) is 45.7 Å². The van der Waals surface area contributed by atoms with E-state index in [1.54, 1.807) is 0 Å². The number of ether oxygens (including phenoxy) is 1. The quantitative estimate of drug-likeness (QED) is 0.253. The molecular weight excluding hydrogens is 418 g/mol. The number of carbonyl (C=O) groups is 1. The zero-order valence-electron chi connectivity index (χ0n) is 13.4. The molecule has 124 valence electrons. The minimum atomic E-state index is -5.13. The van der Waals surface area contributed by atoms with E-state index in [9.17, 15) is 30.7 Å². The Bertz CT molecular complexity index is 795. The van der Waals surface area contributed by atoms with Crippen molar-refractivity contribution in [2.75, 3.05) is 24.5 Å². The molecule has 0 aliphatic rings. The van der Waals surface area contributed by atoms with Crippen molar-refractivity contribution < 1.29 is 138 Å². The van der Waals surface area contributed by atoms with Crippen LogP contribution >= 0.6 is 0 Å². The van der Waals surface area contributed by atoms with E-state index < -0.39 is 41.6 Å². The van der Waals surface area contributed by atoms with E-state index in [0.717, 1.165) is 13.0 Å². The standard InChI is InChI=1S/C10H14N2O8S2.2K/c1-6(13)12-8-3-7(11-5-20-2)9(21(14,15)16)4-10(8)22(17,18)19;;/h3-4,11H,5H2,1-2H3,(H,12,13)(H,14,15,16)(H,17,18,19);;/q;2*+1/p-2. The van der Waals surface area contributed by atoms with E-state index >= 15 is 0 Å². The summed E-state index contributed by atoms with van der Waals surface area (Å²) in [5, 5.41) is 4.49. The first kappa shape index (κ1) is 27.8. The van der Waals surface area contributed by atoms with Crippen molar-refractivity contribution in [1.29, 1.82) is 0 Å². The normalized spacial score (nSPS) is 11.0. The Labute approximate surface area is 224 Å². The van der Waals surface area contributed by atoms with Gasteiger partial charge in [-0.2, -0.15) is 0 Å². The molecule has 0 aliphatic heterocycles. The van der Waals surface area contributed by atoms with E-state index in [2.05, 4.69) is 15.4 Å². The summed E-state index contributed by atoms with van der Waals surface area (Å²) in [7, 11) is -8.92. The minimum absolute atomic E-state index is 0. The molecular formula is C10H12K2N2O8S2. The Kier molecular flexibility index (Phi) is 13.2. The van der Waals surface area contributed by atoms with Gasteiger partial charge in [0.1, 0.15) is 27.0 Å². The average Bonchev–Trinajstić information content (AvgIpc) is 2.32. The van der Waals surface area contributed by atoms with Gasteiger partial charge in [0.05, 0.1) is 21.2 Å². The first-order chi connectivity index (χ1) is 9.96. The van der Waals surface area contributed by atoms with Crippen LogP contribution in [0.1, 0.15) is 6.92 Å². The van der Waals surface area contributed by atoms with Gasteiger partial charge >= 0.3 is 103 Å². The number of nitrogens with one attached hydrogen (secondary N) is 2. The van der Waals surface area contributed by atoms with Gasteiger partial charge < -0.3 is 24.5 Å². The van der Waals surface area contributed by atoms with Crippen molar-refractivity contribution in [2.45, 2.75) is 16.7 Å². The molecule has 24 heavy (non-hydrogen) atoms. The fourth-order valence-corrected chi connectivity index (χ4v) is 2.93. The van der Waals surface area contributed by atoms with Gasteiger partial charge in [0.25, 0.3) is 0 Å². The summed E-state index contributed by atoms with van der Waals surface area (Å²) in [6.45, 7) is 0.854. The van der Waals surface area contributed by atoms with Crippen LogP contribution in [0.3, 0.4) is 0 Å². The number of methoxy groups -OCH3 is 1. The number of hydrogen-bond donors (Lipinski definition) is 2. The average molecular weight is 431 g/mol. The largest absolute Gasteiger partial charge is 1.00 e. The molecule has 0 bridgehead atoms. The van der Waals surface area contributed by atoms with E-state index in [0.29, 0.717) is 6.07 Å². The third-order valence-electron chi connectivity index (χ3n) is 2.34. The SMILES string of the molecule is COCNc1cc(NC(C)=O)c(S(=O)(=O)[O-])cc1S(=O)(=O)[O-].[K+].[K+]. The van der Waals surface area contributed by atoms with Gasteiger partial charge in [0, 0.05) is 14.0 Å². The third kappa shape index (κ3) is 8.49. The van der Waals surface area contributed by atoms with Crippen molar-refractivity contribution in [1.82, 2.24) is 0 Å². The molecule has 0 spiro atoms. The van der Waals surface area contributed by atoms with Crippen LogP contribution in [0.4, 0.5) is 11.4 Å². The van der Waals surface area contributed by atoms with Gasteiger partial charge in [-0.25, -0.2) is 16.8 Å². The molecule has 1 aromatic carbocycles. The molecule has 0 unspecified atom stereocenters. The predicted octanol–water partition coefficient (Wildman–Crippen LogP) is -6.52. The second-order valence-electron chi connectivity index (χ2n) is 4.04. The summed E-state index contributed by atoms with van der Waals surface area (Å²) in [6, 6.07) is 1.25. The molecule has 0 heterocycles. The third-order valence-corrected chi connectivity index (χ3v) is 4.09. The maximum atomic E-state index is 11.2. The molecule has 0 fully saturated rings. The summed E-state index contributed by atoms with van der Waals surface area (Å²) in [5.41, 5.74) is -0.762. The fraction of sp³-hybridized carbons (Fsp3) is 0.300. The number of anilines is 2. The second-order valence-corrected chi connectivity index (χ2v) is 6.74. The van der Waals surface area contributed by atoms with E-state index in [4.69, 9.17) is 0 Å². The van der Waals surface area contributed by atoms with Crippen LogP contribution in [0.25, 0.3) is 0 Å². The Morgan fingerprint density at radius 3 is 1.88 bits per heavy atom. The second kappa shape index (κ2) is 11.4. The molecule has 0 saturated carbocycles. The van der Waals surface area contributed by atoms with Crippen LogP contribution in [0.5, 0.6) is 0 Å². The molecule has 0 saturated heterocycles. The van der Waals surface area contributed by atoms with Gasteiger partial charge in [-0.05, 0) is 12.1 Å². The van der Waals surface area contributed by atoms with Crippen LogP contribution in [0.15, 0.2) is 21.9 Å². The molecule has 10 nitrogen and oxygen atoms in total. The molecule has 0 atom stereocenters. The number of rotatable bonds is 6. The van der Waals surface area contributed by atoms with Gasteiger partial charge in [0.2, 0.25) is 5.91 Å². The Balaban J connectivity index is 0.